The van der Waals surface area contributed by atoms with Crippen LogP contribution in [0.15, 0.2) is 39.6 Å². The normalized spacial score (nSPS) is 27.4. The topological polar surface area (TPSA) is 71.4 Å². The van der Waals surface area contributed by atoms with Gasteiger partial charge in [0.1, 0.15) is 4.91 Å². The highest BCUT2D eigenvalue weighted by Crippen LogP contribution is 2.63. The van der Waals surface area contributed by atoms with Gasteiger partial charge < -0.3 is 5.11 Å². The quantitative estimate of drug-likeness (QED) is 0.909. The fraction of sp³-hybridized carbons (Fsp3) is 0.471. The first-order chi connectivity index (χ1) is 10.1. The van der Waals surface area contributed by atoms with Gasteiger partial charge >= 0.3 is 0 Å². The molecule has 22 heavy (non-hydrogen) atoms. The van der Waals surface area contributed by atoms with E-state index in [-0.39, 0.29) is 16.2 Å². The van der Waals surface area contributed by atoms with Gasteiger partial charge in [-0.1, -0.05) is 17.7 Å². The third-order valence-corrected chi connectivity index (χ3v) is 7.16. The summed E-state index contributed by atoms with van der Waals surface area (Å²) >= 11 is 0. The molecule has 1 atom stereocenters. The van der Waals surface area contributed by atoms with E-state index in [0.717, 1.165) is 18.4 Å². The molecule has 1 aromatic rings. The Bertz CT molecular complexity index is 778. The number of rotatable bonds is 2. The first kappa shape index (κ1) is 15.4. The molecule has 1 N–H and O–H groups in total. The van der Waals surface area contributed by atoms with Crippen molar-refractivity contribution in [3.8, 4) is 0 Å². The smallest absolute Gasteiger partial charge is 0.210 e. The Hall–Kier alpha value is -1.46. The lowest BCUT2D eigenvalue weighted by Gasteiger charge is -2.38. The van der Waals surface area contributed by atoms with Gasteiger partial charge in [0.25, 0.3) is 0 Å². The number of aliphatic hydroxyl groups is 1. The highest BCUT2D eigenvalue weighted by atomic mass is 32.2. The Balaban J connectivity index is 2.18. The highest BCUT2D eigenvalue weighted by Gasteiger charge is 2.62. The number of sulfone groups is 1. The maximum Gasteiger partial charge on any atom is 0.210 e. The van der Waals surface area contributed by atoms with Crippen LogP contribution < -0.4 is 0 Å². The minimum Gasteiger partial charge on any atom is -0.389 e. The van der Waals surface area contributed by atoms with Crippen molar-refractivity contribution in [2.45, 2.75) is 50.5 Å². The summed E-state index contributed by atoms with van der Waals surface area (Å²) in [6.45, 7) is 5.19. The first-order valence-electron chi connectivity index (χ1n) is 7.40. The van der Waals surface area contributed by atoms with Gasteiger partial charge in [-0.2, -0.15) is 0 Å². The van der Waals surface area contributed by atoms with Crippen LogP contribution in [-0.4, -0.2) is 24.9 Å². The Morgan fingerprint density at radius 1 is 1.09 bits per heavy atom. The van der Waals surface area contributed by atoms with Crippen LogP contribution in [0.5, 0.6) is 0 Å². The number of ketones is 1. The third kappa shape index (κ3) is 1.99. The van der Waals surface area contributed by atoms with E-state index in [1.165, 1.54) is 12.1 Å². The number of carbonyl (C=O) groups is 1. The van der Waals surface area contributed by atoms with E-state index < -0.39 is 26.6 Å². The molecule has 2 aliphatic carbocycles. The predicted molar refractivity (Wildman–Crippen MR) is 83.0 cm³/mol. The number of aryl methyl sites for hydroxylation is 1. The van der Waals surface area contributed by atoms with Crippen LogP contribution in [0.25, 0.3) is 0 Å². The zero-order chi connectivity index (χ0) is 16.3. The van der Waals surface area contributed by atoms with Crippen LogP contribution >= 0.6 is 0 Å². The molecule has 1 fully saturated rings. The summed E-state index contributed by atoms with van der Waals surface area (Å²) in [6.07, 6.45) is 1.32. The second-order valence-electron chi connectivity index (χ2n) is 6.73. The zero-order valence-corrected chi connectivity index (χ0v) is 13.8. The molecule has 4 nitrogen and oxygen atoms in total. The molecule has 2 aliphatic rings. The van der Waals surface area contributed by atoms with E-state index >= 15 is 0 Å². The van der Waals surface area contributed by atoms with Crippen molar-refractivity contribution >= 4 is 15.6 Å². The Morgan fingerprint density at radius 3 is 2.14 bits per heavy atom. The fourth-order valence-corrected chi connectivity index (χ4v) is 5.32. The average Bonchev–Trinajstić information content (AvgIpc) is 3.18. The van der Waals surface area contributed by atoms with Gasteiger partial charge in [-0.15, -0.1) is 0 Å². The van der Waals surface area contributed by atoms with E-state index in [4.69, 9.17) is 0 Å². The molecule has 0 heterocycles. The lowest BCUT2D eigenvalue weighted by atomic mass is 9.73. The van der Waals surface area contributed by atoms with Crippen LogP contribution in [0.2, 0.25) is 0 Å². The molecule has 0 radical (unpaired) electrons. The lowest BCUT2D eigenvalue weighted by molar-refractivity contribution is -0.123. The molecule has 0 aliphatic heterocycles. The maximum atomic E-state index is 12.9. The van der Waals surface area contributed by atoms with Gasteiger partial charge in [-0.05, 0) is 51.3 Å². The molecule has 0 amide bonds. The van der Waals surface area contributed by atoms with Gasteiger partial charge in [0.2, 0.25) is 9.84 Å². The summed E-state index contributed by atoms with van der Waals surface area (Å²) < 4.78 is 25.8. The number of Topliss-reactive ketones (excluding diaryl/α,β-unsaturated/α-hetero) is 1. The van der Waals surface area contributed by atoms with Gasteiger partial charge in [0.05, 0.1) is 10.5 Å². The van der Waals surface area contributed by atoms with Gasteiger partial charge in [0.15, 0.2) is 5.78 Å². The fourth-order valence-electron chi connectivity index (χ4n) is 3.62. The maximum absolute atomic E-state index is 12.9. The number of benzene rings is 1. The molecular weight excluding hydrogens is 300 g/mol. The molecule has 1 saturated carbocycles. The SMILES string of the molecule is CC1=C(S(=O)(=O)c2ccc(C)cc2)C(=O)CC(C)(O)C12CC2. The molecular formula is C17H20O4S. The predicted octanol–water partition coefficient (Wildman–Crippen LogP) is 2.55. The second kappa shape index (κ2) is 4.52. The monoisotopic (exact) mass is 320 g/mol. The van der Waals surface area contributed by atoms with Crippen LogP contribution in [0.3, 0.4) is 0 Å². The summed E-state index contributed by atoms with van der Waals surface area (Å²) in [5.41, 5.74) is -0.218. The third-order valence-electron chi connectivity index (χ3n) is 5.20. The average molecular weight is 320 g/mol. The summed E-state index contributed by atoms with van der Waals surface area (Å²) in [7, 11) is -3.84. The summed E-state index contributed by atoms with van der Waals surface area (Å²) in [6, 6.07) is 6.51. The Labute approximate surface area is 130 Å². The van der Waals surface area contributed by atoms with Gasteiger partial charge in [0, 0.05) is 11.8 Å². The van der Waals surface area contributed by atoms with E-state index in [1.54, 1.807) is 26.0 Å². The van der Waals surface area contributed by atoms with Crippen molar-refractivity contribution in [3.63, 3.8) is 0 Å². The molecule has 118 valence electrons. The molecule has 1 aromatic carbocycles. The number of carbonyl (C=O) groups excluding carboxylic acids is 1. The minimum absolute atomic E-state index is 0.111. The van der Waals surface area contributed by atoms with E-state index in [2.05, 4.69) is 0 Å². The Morgan fingerprint density at radius 2 is 1.64 bits per heavy atom. The van der Waals surface area contributed by atoms with E-state index in [1.807, 2.05) is 6.92 Å². The van der Waals surface area contributed by atoms with E-state index in [0.29, 0.717) is 5.57 Å². The first-order valence-corrected chi connectivity index (χ1v) is 8.89. The molecule has 1 spiro atoms. The van der Waals surface area contributed by atoms with Crippen molar-refractivity contribution in [1.29, 1.82) is 0 Å². The van der Waals surface area contributed by atoms with Crippen molar-refractivity contribution in [2.75, 3.05) is 0 Å². The molecule has 1 unspecified atom stereocenters. The van der Waals surface area contributed by atoms with Crippen molar-refractivity contribution in [2.24, 2.45) is 5.41 Å². The Kier molecular flexibility index (Phi) is 3.17. The van der Waals surface area contributed by atoms with Gasteiger partial charge in [-0.25, -0.2) is 8.42 Å². The summed E-state index contributed by atoms with van der Waals surface area (Å²) in [5.74, 6) is -0.486. The van der Waals surface area contributed by atoms with Crippen LogP contribution in [0.4, 0.5) is 0 Å². The molecule has 5 heteroatoms. The molecule has 0 bridgehead atoms. The van der Waals surface area contributed by atoms with Crippen molar-refractivity contribution < 1.29 is 18.3 Å². The second-order valence-corrected chi connectivity index (χ2v) is 8.61. The van der Waals surface area contributed by atoms with Gasteiger partial charge in [-0.3, -0.25) is 4.79 Å². The largest absolute Gasteiger partial charge is 0.389 e. The molecule has 3 rings (SSSR count). The number of hydrogen-bond donors (Lipinski definition) is 1. The molecule has 0 aromatic heterocycles. The number of allylic oxidation sites excluding steroid dienone is 1. The summed E-state index contributed by atoms with van der Waals surface area (Å²) in [5, 5.41) is 10.5. The minimum atomic E-state index is -3.84. The van der Waals surface area contributed by atoms with Crippen LogP contribution in [0.1, 0.15) is 38.7 Å². The summed E-state index contributed by atoms with van der Waals surface area (Å²) in [4.78, 5) is 12.5. The van der Waals surface area contributed by atoms with E-state index in [9.17, 15) is 18.3 Å². The standard InChI is InChI=1S/C17H20O4S/c1-11-4-6-13(7-5-11)22(20,21)15-12(2)17(8-9-17)16(3,19)10-14(15)18/h4-7,19H,8-10H2,1-3H3. The van der Waals surface area contributed by atoms with Crippen LogP contribution in [0, 0.1) is 12.3 Å². The van der Waals surface area contributed by atoms with Crippen LogP contribution in [-0.2, 0) is 14.6 Å². The number of hydrogen-bond acceptors (Lipinski definition) is 4. The lowest BCUT2D eigenvalue weighted by Crippen LogP contribution is -2.45. The zero-order valence-electron chi connectivity index (χ0n) is 13.0. The van der Waals surface area contributed by atoms with Crippen molar-refractivity contribution in [1.82, 2.24) is 0 Å². The molecule has 0 saturated heterocycles. The van der Waals surface area contributed by atoms with Crippen molar-refractivity contribution in [3.05, 3.63) is 40.3 Å². The highest BCUT2D eigenvalue weighted by molar-refractivity contribution is 7.96.